The third-order valence-electron chi connectivity index (χ3n) is 5.58. The number of aromatic nitrogens is 2. The first-order valence-electron chi connectivity index (χ1n) is 11.8. The molecular formula is C28H33N5O2. The number of rotatable bonds is 5. The maximum atomic E-state index is 12.5. The van der Waals surface area contributed by atoms with Crippen molar-refractivity contribution in [2.24, 2.45) is 0 Å². The number of nitrogens with zero attached hydrogens (tertiary/aromatic N) is 4. The SMILES string of the molecule is CN(C)c1cccc(Nc2cc(-c3ccccc3)nc(C3=CCN(C(=O)OC(C)(C)C)CC3)n2)c1. The molecule has 4 rings (SSSR count). The molecule has 0 spiro atoms. The van der Waals surface area contributed by atoms with E-state index < -0.39 is 5.60 Å². The van der Waals surface area contributed by atoms with Gasteiger partial charge in [-0.15, -0.1) is 0 Å². The first-order chi connectivity index (χ1) is 16.7. The summed E-state index contributed by atoms with van der Waals surface area (Å²) in [6.07, 6.45) is 2.39. The fourth-order valence-corrected chi connectivity index (χ4v) is 3.79. The number of anilines is 3. The lowest BCUT2D eigenvalue weighted by molar-refractivity contribution is 0.0270. The number of benzene rings is 2. The van der Waals surface area contributed by atoms with E-state index >= 15 is 0 Å². The standard InChI is InChI=1S/C28H33N5O2/c1-28(2,3)35-27(34)33-16-14-21(15-17-33)26-30-24(20-10-7-6-8-11-20)19-25(31-26)29-22-12-9-13-23(18-22)32(4)5/h6-14,18-19H,15-17H2,1-5H3,(H,29,30,31). The van der Waals surface area contributed by atoms with Crippen LogP contribution in [0.4, 0.5) is 22.0 Å². The smallest absolute Gasteiger partial charge is 0.410 e. The van der Waals surface area contributed by atoms with Crippen molar-refractivity contribution < 1.29 is 9.53 Å². The summed E-state index contributed by atoms with van der Waals surface area (Å²) < 4.78 is 5.52. The second kappa shape index (κ2) is 10.2. The van der Waals surface area contributed by atoms with Crippen molar-refractivity contribution in [2.45, 2.75) is 32.8 Å². The van der Waals surface area contributed by atoms with Crippen LogP contribution >= 0.6 is 0 Å². The van der Waals surface area contributed by atoms with Crippen LogP contribution in [0.3, 0.4) is 0 Å². The molecule has 3 aromatic rings. The lowest BCUT2D eigenvalue weighted by Crippen LogP contribution is -2.39. The van der Waals surface area contributed by atoms with Gasteiger partial charge in [0.2, 0.25) is 0 Å². The first kappa shape index (κ1) is 24.3. The van der Waals surface area contributed by atoms with Crippen LogP contribution in [0.5, 0.6) is 0 Å². The van der Waals surface area contributed by atoms with Gasteiger partial charge in [-0.05, 0) is 51.0 Å². The van der Waals surface area contributed by atoms with E-state index in [9.17, 15) is 4.79 Å². The fourth-order valence-electron chi connectivity index (χ4n) is 3.79. The molecule has 182 valence electrons. The largest absolute Gasteiger partial charge is 0.444 e. The monoisotopic (exact) mass is 471 g/mol. The van der Waals surface area contributed by atoms with Gasteiger partial charge >= 0.3 is 6.09 Å². The number of amides is 1. The molecule has 0 saturated heterocycles. The van der Waals surface area contributed by atoms with Gasteiger partial charge in [0.05, 0.1) is 5.69 Å². The van der Waals surface area contributed by atoms with Crippen LogP contribution < -0.4 is 10.2 Å². The summed E-state index contributed by atoms with van der Waals surface area (Å²) in [5.74, 6) is 1.39. The van der Waals surface area contributed by atoms with Gasteiger partial charge in [-0.25, -0.2) is 14.8 Å². The molecule has 0 fully saturated rings. The highest BCUT2D eigenvalue weighted by molar-refractivity contribution is 5.74. The van der Waals surface area contributed by atoms with Crippen molar-refractivity contribution in [1.29, 1.82) is 0 Å². The normalized spacial score (nSPS) is 13.7. The third kappa shape index (κ3) is 6.38. The van der Waals surface area contributed by atoms with Gasteiger partial charge in [0, 0.05) is 50.2 Å². The average Bonchev–Trinajstić information content (AvgIpc) is 2.83. The van der Waals surface area contributed by atoms with E-state index in [4.69, 9.17) is 14.7 Å². The second-order valence-electron chi connectivity index (χ2n) is 9.80. The van der Waals surface area contributed by atoms with E-state index in [1.54, 1.807) is 4.90 Å². The summed E-state index contributed by atoms with van der Waals surface area (Å²) in [5, 5.41) is 3.45. The molecule has 1 amide bonds. The van der Waals surface area contributed by atoms with Crippen LogP contribution in [0.1, 0.15) is 33.0 Å². The molecule has 0 saturated carbocycles. The van der Waals surface area contributed by atoms with Gasteiger partial charge < -0.3 is 19.9 Å². The van der Waals surface area contributed by atoms with Crippen molar-refractivity contribution >= 4 is 28.9 Å². The lowest BCUT2D eigenvalue weighted by atomic mass is 10.1. The van der Waals surface area contributed by atoms with Crippen molar-refractivity contribution in [3.8, 4) is 11.3 Å². The Morgan fingerprint density at radius 1 is 1.03 bits per heavy atom. The Hall–Kier alpha value is -3.87. The number of nitrogens with one attached hydrogen (secondary N) is 1. The summed E-state index contributed by atoms with van der Waals surface area (Å²) in [6.45, 7) is 6.66. The van der Waals surface area contributed by atoms with E-state index in [0.717, 1.165) is 34.0 Å². The van der Waals surface area contributed by atoms with Crippen LogP contribution in [-0.2, 0) is 4.74 Å². The van der Waals surface area contributed by atoms with Crippen LogP contribution in [0, 0.1) is 0 Å². The number of hydrogen-bond acceptors (Lipinski definition) is 6. The topological polar surface area (TPSA) is 70.6 Å². The Bertz CT molecular complexity index is 1220. The van der Waals surface area contributed by atoms with Gasteiger partial charge in [0.25, 0.3) is 0 Å². The molecule has 0 aliphatic carbocycles. The van der Waals surface area contributed by atoms with Crippen LogP contribution in [-0.4, -0.2) is 53.7 Å². The van der Waals surface area contributed by atoms with Gasteiger partial charge in [-0.2, -0.15) is 0 Å². The van der Waals surface area contributed by atoms with Gasteiger partial charge in [-0.1, -0.05) is 42.5 Å². The van der Waals surface area contributed by atoms with Crippen molar-refractivity contribution in [1.82, 2.24) is 14.9 Å². The summed E-state index contributed by atoms with van der Waals surface area (Å²) in [7, 11) is 4.04. The maximum absolute atomic E-state index is 12.5. The Kier molecular flexibility index (Phi) is 7.05. The van der Waals surface area contributed by atoms with Crippen molar-refractivity contribution in [3.63, 3.8) is 0 Å². The quantitative estimate of drug-likeness (QED) is 0.494. The minimum atomic E-state index is -0.515. The average molecular weight is 472 g/mol. The van der Waals surface area contributed by atoms with E-state index in [-0.39, 0.29) is 6.09 Å². The minimum Gasteiger partial charge on any atom is -0.444 e. The van der Waals surface area contributed by atoms with Crippen molar-refractivity contribution in [2.75, 3.05) is 37.4 Å². The summed E-state index contributed by atoms with van der Waals surface area (Å²) >= 11 is 0. The molecule has 1 aliphatic heterocycles. The highest BCUT2D eigenvalue weighted by atomic mass is 16.6. The van der Waals surface area contributed by atoms with Gasteiger partial charge in [0.1, 0.15) is 11.4 Å². The lowest BCUT2D eigenvalue weighted by Gasteiger charge is -2.29. The summed E-state index contributed by atoms with van der Waals surface area (Å²) in [4.78, 5) is 26.0. The zero-order valence-corrected chi connectivity index (χ0v) is 21.1. The van der Waals surface area contributed by atoms with Gasteiger partial charge in [-0.3, -0.25) is 0 Å². The Morgan fingerprint density at radius 2 is 1.80 bits per heavy atom. The van der Waals surface area contributed by atoms with Gasteiger partial charge in [0.15, 0.2) is 5.82 Å². The number of carbonyl (C=O) groups excluding carboxylic acids is 1. The predicted octanol–water partition coefficient (Wildman–Crippen LogP) is 5.98. The van der Waals surface area contributed by atoms with Crippen molar-refractivity contribution in [3.05, 3.63) is 72.6 Å². The van der Waals surface area contributed by atoms with E-state index in [1.807, 2.05) is 89.5 Å². The zero-order valence-electron chi connectivity index (χ0n) is 21.1. The van der Waals surface area contributed by atoms with Crippen LogP contribution in [0.25, 0.3) is 16.8 Å². The Labute approximate surface area is 207 Å². The molecule has 0 atom stereocenters. The molecule has 2 heterocycles. The molecule has 0 bridgehead atoms. The molecule has 35 heavy (non-hydrogen) atoms. The highest BCUT2D eigenvalue weighted by Gasteiger charge is 2.25. The second-order valence-corrected chi connectivity index (χ2v) is 9.80. The Morgan fingerprint density at radius 3 is 2.46 bits per heavy atom. The molecule has 0 radical (unpaired) electrons. The Balaban J connectivity index is 1.63. The van der Waals surface area contributed by atoms with E-state index in [2.05, 4.69) is 22.3 Å². The maximum Gasteiger partial charge on any atom is 0.410 e. The van der Waals surface area contributed by atoms with Crippen LogP contribution in [0.15, 0.2) is 66.7 Å². The minimum absolute atomic E-state index is 0.296. The molecular weight excluding hydrogens is 438 g/mol. The molecule has 1 aliphatic rings. The van der Waals surface area contributed by atoms with Crippen LogP contribution in [0.2, 0.25) is 0 Å². The molecule has 2 aromatic carbocycles. The summed E-state index contributed by atoms with van der Waals surface area (Å²) in [5.41, 5.74) is 4.43. The van der Waals surface area contributed by atoms with E-state index in [0.29, 0.717) is 25.3 Å². The molecule has 7 heteroatoms. The number of ether oxygens (including phenoxy) is 1. The highest BCUT2D eigenvalue weighted by Crippen LogP contribution is 2.28. The fraction of sp³-hybridized carbons (Fsp3) is 0.321. The molecule has 1 aromatic heterocycles. The summed E-state index contributed by atoms with van der Waals surface area (Å²) in [6, 6.07) is 20.3. The third-order valence-corrected chi connectivity index (χ3v) is 5.58. The first-order valence-corrected chi connectivity index (χ1v) is 11.8. The molecule has 0 unspecified atom stereocenters. The van der Waals surface area contributed by atoms with E-state index in [1.165, 1.54) is 0 Å². The molecule has 7 nitrogen and oxygen atoms in total. The molecule has 1 N–H and O–H groups in total. The zero-order chi connectivity index (χ0) is 25.0. The number of hydrogen-bond donors (Lipinski definition) is 1. The number of carbonyl (C=O) groups is 1. The predicted molar refractivity (Wildman–Crippen MR) is 142 cm³/mol.